The fourth-order valence-electron chi connectivity index (χ4n) is 1.64. The summed E-state index contributed by atoms with van der Waals surface area (Å²) in [6.45, 7) is 1.25. The maximum absolute atomic E-state index is 5.71. The second-order valence-electron chi connectivity index (χ2n) is 4.02. The maximum Gasteiger partial charge on any atom is 0.119 e. The number of alkyl halides is 1. The first-order valence-corrected chi connectivity index (χ1v) is 7.43. The van der Waals surface area contributed by atoms with Crippen molar-refractivity contribution < 1.29 is 9.47 Å². The molecule has 0 unspecified atom stereocenters. The van der Waals surface area contributed by atoms with Crippen LogP contribution in [-0.4, -0.2) is 18.7 Å². The molecule has 5 heteroatoms. The molecular formula is C14H16ClNO2S. The summed E-state index contributed by atoms with van der Waals surface area (Å²) in [6, 6.07) is 7.89. The van der Waals surface area contributed by atoms with Crippen LogP contribution in [0.1, 0.15) is 16.3 Å². The van der Waals surface area contributed by atoms with E-state index in [1.165, 1.54) is 0 Å². The molecule has 19 heavy (non-hydrogen) atoms. The van der Waals surface area contributed by atoms with Gasteiger partial charge in [0.15, 0.2) is 0 Å². The van der Waals surface area contributed by atoms with Crippen LogP contribution in [0.4, 0.5) is 0 Å². The highest BCUT2D eigenvalue weighted by Gasteiger charge is 2.01. The van der Waals surface area contributed by atoms with Crippen LogP contribution in [0.3, 0.4) is 0 Å². The van der Waals surface area contributed by atoms with E-state index in [0.29, 0.717) is 19.1 Å². The zero-order valence-corrected chi connectivity index (χ0v) is 12.3. The Kier molecular flexibility index (Phi) is 5.63. The molecule has 1 aromatic carbocycles. The Balaban J connectivity index is 1.74. The Morgan fingerprint density at radius 2 is 2.26 bits per heavy atom. The lowest BCUT2D eigenvalue weighted by Gasteiger charge is -2.05. The van der Waals surface area contributed by atoms with Gasteiger partial charge >= 0.3 is 0 Å². The molecule has 0 bridgehead atoms. The Morgan fingerprint density at radius 3 is 3.00 bits per heavy atom. The van der Waals surface area contributed by atoms with Crippen molar-refractivity contribution in [3.8, 4) is 5.75 Å². The van der Waals surface area contributed by atoms with Crippen LogP contribution in [0.15, 0.2) is 29.6 Å². The summed E-state index contributed by atoms with van der Waals surface area (Å²) < 4.78 is 10.8. The van der Waals surface area contributed by atoms with Gasteiger partial charge in [0.2, 0.25) is 0 Å². The highest BCUT2D eigenvalue weighted by atomic mass is 35.5. The van der Waals surface area contributed by atoms with E-state index in [2.05, 4.69) is 4.98 Å². The van der Waals surface area contributed by atoms with E-state index in [9.17, 15) is 0 Å². The number of halogens is 1. The van der Waals surface area contributed by atoms with Crippen molar-refractivity contribution in [2.75, 3.05) is 13.7 Å². The third kappa shape index (κ3) is 4.49. The molecule has 0 aliphatic rings. The van der Waals surface area contributed by atoms with Gasteiger partial charge in [0, 0.05) is 11.8 Å². The van der Waals surface area contributed by atoms with Crippen LogP contribution in [0.25, 0.3) is 0 Å². The lowest BCUT2D eigenvalue weighted by Crippen LogP contribution is -1.99. The quantitative estimate of drug-likeness (QED) is 0.577. The Bertz CT molecular complexity index is 516. The molecule has 0 N–H and O–H groups in total. The first-order valence-electron chi connectivity index (χ1n) is 6.01. The summed E-state index contributed by atoms with van der Waals surface area (Å²) >= 11 is 7.34. The molecule has 0 amide bonds. The van der Waals surface area contributed by atoms with Gasteiger partial charge in [-0.25, -0.2) is 4.98 Å². The lowest BCUT2D eigenvalue weighted by molar-refractivity contribution is 0.123. The fourth-order valence-corrected chi connectivity index (χ4v) is 2.64. The molecule has 0 fully saturated rings. The zero-order valence-electron chi connectivity index (χ0n) is 10.8. The average molecular weight is 298 g/mol. The first kappa shape index (κ1) is 14.3. The van der Waals surface area contributed by atoms with Crippen LogP contribution in [0.5, 0.6) is 5.75 Å². The van der Waals surface area contributed by atoms with Gasteiger partial charge in [-0.2, -0.15) is 0 Å². The zero-order chi connectivity index (χ0) is 13.5. The Hall–Kier alpha value is -1.10. The van der Waals surface area contributed by atoms with Crippen LogP contribution in [0.2, 0.25) is 0 Å². The van der Waals surface area contributed by atoms with Crippen LogP contribution < -0.4 is 4.74 Å². The summed E-state index contributed by atoms with van der Waals surface area (Å²) in [5.41, 5.74) is 2.05. The minimum atomic E-state index is 0.473. The summed E-state index contributed by atoms with van der Waals surface area (Å²) in [5, 5.41) is 3.06. The number of aromatic nitrogens is 1. The van der Waals surface area contributed by atoms with Crippen molar-refractivity contribution >= 4 is 22.9 Å². The van der Waals surface area contributed by atoms with Crippen molar-refractivity contribution in [2.24, 2.45) is 0 Å². The number of ether oxygens (including phenoxy) is 2. The molecule has 0 aliphatic carbocycles. The molecule has 2 rings (SSSR count). The number of rotatable bonds is 7. The second kappa shape index (κ2) is 7.48. The maximum atomic E-state index is 5.71. The third-order valence-corrected chi connectivity index (χ3v) is 3.83. The van der Waals surface area contributed by atoms with Crippen molar-refractivity contribution in [1.29, 1.82) is 0 Å². The van der Waals surface area contributed by atoms with Crippen molar-refractivity contribution in [2.45, 2.75) is 18.9 Å². The molecule has 0 atom stereocenters. The molecule has 3 nitrogen and oxygen atoms in total. The predicted molar refractivity (Wildman–Crippen MR) is 78.0 cm³/mol. The van der Waals surface area contributed by atoms with E-state index < -0.39 is 0 Å². The molecule has 0 saturated heterocycles. The number of hydrogen-bond acceptors (Lipinski definition) is 4. The topological polar surface area (TPSA) is 31.4 Å². The predicted octanol–water partition coefficient (Wildman–Crippen LogP) is 3.65. The average Bonchev–Trinajstić information content (AvgIpc) is 2.92. The van der Waals surface area contributed by atoms with Gasteiger partial charge in [-0.3, -0.25) is 0 Å². The van der Waals surface area contributed by atoms with E-state index >= 15 is 0 Å². The molecule has 102 valence electrons. The molecule has 0 spiro atoms. The standard InChI is InChI=1S/C14H16ClNO2S/c1-17-13-4-2-3-11(7-13)9-18-6-5-14-16-12(8-15)10-19-14/h2-4,7,10H,5-6,8-9H2,1H3. The molecule has 0 saturated carbocycles. The van der Waals surface area contributed by atoms with E-state index in [1.54, 1.807) is 18.4 Å². The molecule has 0 aliphatic heterocycles. The number of methoxy groups -OCH3 is 1. The van der Waals surface area contributed by atoms with Crippen molar-refractivity contribution in [3.63, 3.8) is 0 Å². The Morgan fingerprint density at radius 1 is 1.37 bits per heavy atom. The highest BCUT2D eigenvalue weighted by Crippen LogP contribution is 2.14. The van der Waals surface area contributed by atoms with Crippen molar-refractivity contribution in [1.82, 2.24) is 4.98 Å². The smallest absolute Gasteiger partial charge is 0.119 e. The summed E-state index contributed by atoms with van der Waals surface area (Å²) in [7, 11) is 1.66. The Labute approximate surface area is 122 Å². The van der Waals surface area contributed by atoms with Crippen molar-refractivity contribution in [3.05, 3.63) is 45.9 Å². The van der Waals surface area contributed by atoms with Gasteiger partial charge < -0.3 is 9.47 Å². The van der Waals surface area contributed by atoms with Gasteiger partial charge in [-0.05, 0) is 17.7 Å². The fraction of sp³-hybridized carbons (Fsp3) is 0.357. The molecule has 1 aromatic heterocycles. The first-order chi connectivity index (χ1) is 9.31. The second-order valence-corrected chi connectivity index (χ2v) is 5.23. The minimum absolute atomic E-state index is 0.473. The lowest BCUT2D eigenvalue weighted by atomic mass is 10.2. The van der Waals surface area contributed by atoms with Gasteiger partial charge in [-0.1, -0.05) is 12.1 Å². The van der Waals surface area contributed by atoms with E-state index in [4.69, 9.17) is 21.1 Å². The SMILES string of the molecule is COc1cccc(COCCc2nc(CCl)cs2)c1. The molecular weight excluding hydrogens is 282 g/mol. The number of benzene rings is 1. The van der Waals surface area contributed by atoms with E-state index in [-0.39, 0.29) is 0 Å². The van der Waals surface area contributed by atoms with Crippen LogP contribution in [0, 0.1) is 0 Å². The van der Waals surface area contributed by atoms with E-state index in [0.717, 1.165) is 28.4 Å². The number of thiazole rings is 1. The number of nitrogens with zero attached hydrogens (tertiary/aromatic N) is 1. The van der Waals surface area contributed by atoms with Gasteiger partial charge in [0.05, 0.1) is 36.9 Å². The summed E-state index contributed by atoms with van der Waals surface area (Å²) in [5.74, 6) is 1.33. The molecule has 1 heterocycles. The highest BCUT2D eigenvalue weighted by molar-refractivity contribution is 7.09. The largest absolute Gasteiger partial charge is 0.497 e. The normalized spacial score (nSPS) is 10.6. The monoisotopic (exact) mass is 297 g/mol. The van der Waals surface area contributed by atoms with Gasteiger partial charge in [0.25, 0.3) is 0 Å². The summed E-state index contributed by atoms with van der Waals surface area (Å²) in [4.78, 5) is 4.39. The minimum Gasteiger partial charge on any atom is -0.497 e. The number of hydrogen-bond donors (Lipinski definition) is 0. The van der Waals surface area contributed by atoms with Crippen LogP contribution >= 0.6 is 22.9 Å². The van der Waals surface area contributed by atoms with Gasteiger partial charge in [0.1, 0.15) is 5.75 Å². The van der Waals surface area contributed by atoms with Crippen LogP contribution in [-0.2, 0) is 23.6 Å². The summed E-state index contributed by atoms with van der Waals surface area (Å²) in [6.07, 6.45) is 0.825. The van der Waals surface area contributed by atoms with Gasteiger partial charge in [-0.15, -0.1) is 22.9 Å². The third-order valence-electron chi connectivity index (χ3n) is 2.60. The molecule has 0 radical (unpaired) electrons. The van der Waals surface area contributed by atoms with E-state index in [1.807, 2.05) is 29.6 Å². The molecule has 2 aromatic rings.